The van der Waals surface area contributed by atoms with Crippen molar-refractivity contribution in [3.8, 4) is 0 Å². The lowest BCUT2D eigenvalue weighted by Gasteiger charge is -2.33. The zero-order chi connectivity index (χ0) is 11.2. The number of nitrogens with zero attached hydrogens (tertiary/aromatic N) is 1. The molecule has 0 saturated carbocycles. The molecule has 0 aliphatic carbocycles. The lowest BCUT2D eigenvalue weighted by molar-refractivity contribution is -0.119. The second-order valence-corrected chi connectivity index (χ2v) is 7.54. The fraction of sp³-hybridized carbons (Fsp3) is 0.583. The smallest absolute Gasteiger partial charge is 0.174 e. The molecule has 0 radical (unpaired) electrons. The van der Waals surface area contributed by atoms with Gasteiger partial charge in [0.25, 0.3) is 0 Å². The summed E-state index contributed by atoms with van der Waals surface area (Å²) in [4.78, 5) is 14.4. The average molecular weight is 253 g/mol. The second-order valence-electron chi connectivity index (χ2n) is 4.43. The van der Waals surface area contributed by atoms with Gasteiger partial charge in [0.05, 0.1) is 10.1 Å². The maximum absolute atomic E-state index is 12.1. The molecule has 2 bridgehead atoms. The molecule has 4 heteroatoms. The summed E-state index contributed by atoms with van der Waals surface area (Å²) in [5.41, 5.74) is 0. The number of ketones is 1. The fourth-order valence-corrected chi connectivity index (χ4v) is 6.54. The summed E-state index contributed by atoms with van der Waals surface area (Å²) < 4.78 is 0.133. The molecule has 3 rings (SSSR count). The van der Waals surface area contributed by atoms with E-state index < -0.39 is 0 Å². The first-order valence-electron chi connectivity index (χ1n) is 5.63. The SMILES string of the molecule is C=CCN1[C@H]2C=CC(=O)[C@@H]1C1(C2)SCCS1. The van der Waals surface area contributed by atoms with Gasteiger partial charge >= 0.3 is 0 Å². The van der Waals surface area contributed by atoms with Crippen molar-refractivity contribution in [1.82, 2.24) is 4.90 Å². The molecule has 3 heterocycles. The number of carbonyl (C=O) groups is 1. The fourth-order valence-electron chi connectivity index (χ4n) is 2.96. The van der Waals surface area contributed by atoms with E-state index in [9.17, 15) is 4.79 Å². The Morgan fingerprint density at radius 2 is 2.31 bits per heavy atom. The van der Waals surface area contributed by atoms with Crippen LogP contribution in [0.3, 0.4) is 0 Å². The summed E-state index contributed by atoms with van der Waals surface area (Å²) in [6, 6.07) is 0.525. The molecule has 2 atom stereocenters. The molecule has 0 N–H and O–H groups in total. The highest BCUT2D eigenvalue weighted by atomic mass is 32.2. The molecule has 0 aromatic rings. The number of thioether (sulfide) groups is 2. The standard InChI is InChI=1S/C12H15NOS2/c1-2-5-13-9-3-4-10(14)11(13)12(8-9)15-6-7-16-12/h2-4,9,11H,1,5-8H2/t9-,11+/m0/s1. The Hall–Kier alpha value is -0.190. The van der Waals surface area contributed by atoms with Crippen LogP contribution >= 0.6 is 23.5 Å². The third-order valence-electron chi connectivity index (χ3n) is 3.54. The van der Waals surface area contributed by atoms with Gasteiger partial charge in [-0.3, -0.25) is 9.69 Å². The van der Waals surface area contributed by atoms with Gasteiger partial charge in [0, 0.05) is 24.1 Å². The summed E-state index contributed by atoms with van der Waals surface area (Å²) in [6.07, 6.45) is 6.90. The first kappa shape index (κ1) is 10.9. The van der Waals surface area contributed by atoms with Gasteiger partial charge in [-0.1, -0.05) is 12.2 Å². The number of carbonyl (C=O) groups excluding carboxylic acids is 1. The number of hydrogen-bond donors (Lipinski definition) is 0. The Kier molecular flexibility index (Phi) is 2.68. The van der Waals surface area contributed by atoms with Crippen LogP contribution in [-0.2, 0) is 4.79 Å². The predicted octanol–water partition coefficient (Wildman–Crippen LogP) is 1.93. The monoisotopic (exact) mass is 253 g/mol. The molecule has 2 nitrogen and oxygen atoms in total. The van der Waals surface area contributed by atoms with E-state index >= 15 is 0 Å². The van der Waals surface area contributed by atoms with Crippen molar-refractivity contribution in [3.63, 3.8) is 0 Å². The molecule has 16 heavy (non-hydrogen) atoms. The van der Waals surface area contributed by atoms with Crippen molar-refractivity contribution >= 4 is 29.3 Å². The van der Waals surface area contributed by atoms with Crippen molar-refractivity contribution in [1.29, 1.82) is 0 Å². The van der Waals surface area contributed by atoms with Crippen LogP contribution in [-0.4, -0.2) is 44.9 Å². The maximum atomic E-state index is 12.1. The van der Waals surface area contributed by atoms with E-state index in [0.717, 1.165) is 13.0 Å². The van der Waals surface area contributed by atoms with Gasteiger partial charge in [0.15, 0.2) is 5.78 Å². The lowest BCUT2D eigenvalue weighted by Crippen LogP contribution is -2.48. The third-order valence-corrected chi connectivity index (χ3v) is 7.08. The first-order chi connectivity index (χ1) is 7.77. The van der Waals surface area contributed by atoms with Crippen LogP contribution in [0.1, 0.15) is 6.42 Å². The van der Waals surface area contributed by atoms with E-state index in [1.807, 2.05) is 29.6 Å². The van der Waals surface area contributed by atoms with E-state index in [2.05, 4.69) is 17.6 Å². The van der Waals surface area contributed by atoms with Crippen LogP contribution in [0, 0.1) is 0 Å². The number of rotatable bonds is 2. The van der Waals surface area contributed by atoms with Gasteiger partial charge in [-0.2, -0.15) is 0 Å². The van der Waals surface area contributed by atoms with Crippen molar-refractivity contribution < 1.29 is 4.79 Å². The zero-order valence-electron chi connectivity index (χ0n) is 9.09. The Morgan fingerprint density at radius 3 is 3.00 bits per heavy atom. The minimum atomic E-state index is 0.0815. The average Bonchev–Trinajstić information content (AvgIpc) is 2.79. The van der Waals surface area contributed by atoms with Gasteiger partial charge in [0.2, 0.25) is 0 Å². The summed E-state index contributed by atoms with van der Waals surface area (Å²) >= 11 is 3.98. The largest absolute Gasteiger partial charge is 0.293 e. The van der Waals surface area contributed by atoms with E-state index in [-0.39, 0.29) is 15.9 Å². The highest BCUT2D eigenvalue weighted by molar-refractivity contribution is 8.21. The highest BCUT2D eigenvalue weighted by Gasteiger charge is 2.57. The number of fused-ring (bicyclic) bond motifs is 3. The summed E-state index contributed by atoms with van der Waals surface area (Å²) in [5.74, 6) is 2.66. The summed E-state index contributed by atoms with van der Waals surface area (Å²) in [5, 5.41) is 0. The molecule has 0 unspecified atom stereocenters. The zero-order valence-corrected chi connectivity index (χ0v) is 10.7. The molecule has 2 saturated heterocycles. The van der Waals surface area contributed by atoms with Gasteiger partial charge in [-0.05, 0) is 12.5 Å². The topological polar surface area (TPSA) is 20.3 Å². The summed E-state index contributed by atoms with van der Waals surface area (Å²) in [7, 11) is 0. The molecule has 2 fully saturated rings. The Balaban J connectivity index is 1.97. The minimum absolute atomic E-state index is 0.0815. The normalized spacial score (nSPS) is 36.1. The van der Waals surface area contributed by atoms with Crippen molar-refractivity contribution in [2.75, 3.05) is 18.1 Å². The third kappa shape index (κ3) is 1.43. The lowest BCUT2D eigenvalue weighted by atomic mass is 10.1. The quantitative estimate of drug-likeness (QED) is 0.701. The molecule has 1 spiro atoms. The maximum Gasteiger partial charge on any atom is 0.174 e. The summed E-state index contributed by atoms with van der Waals surface area (Å²) in [6.45, 7) is 4.63. The molecule has 0 aromatic carbocycles. The van der Waals surface area contributed by atoms with Crippen LogP contribution in [0.4, 0.5) is 0 Å². The van der Waals surface area contributed by atoms with Crippen LogP contribution in [0.2, 0.25) is 0 Å². The Labute approximate surface area is 105 Å². The van der Waals surface area contributed by atoms with Crippen molar-refractivity contribution in [2.45, 2.75) is 22.6 Å². The Bertz CT molecular complexity index is 360. The van der Waals surface area contributed by atoms with E-state index in [0.29, 0.717) is 6.04 Å². The van der Waals surface area contributed by atoms with Crippen molar-refractivity contribution in [2.24, 2.45) is 0 Å². The van der Waals surface area contributed by atoms with Crippen LogP contribution in [0.25, 0.3) is 0 Å². The second kappa shape index (κ2) is 3.93. The van der Waals surface area contributed by atoms with Crippen LogP contribution in [0.5, 0.6) is 0 Å². The van der Waals surface area contributed by atoms with Crippen molar-refractivity contribution in [3.05, 3.63) is 24.8 Å². The van der Waals surface area contributed by atoms with E-state index in [4.69, 9.17) is 0 Å². The van der Waals surface area contributed by atoms with E-state index in [1.165, 1.54) is 11.5 Å². The molecule has 3 aliphatic heterocycles. The van der Waals surface area contributed by atoms with Gasteiger partial charge in [0.1, 0.15) is 0 Å². The first-order valence-corrected chi connectivity index (χ1v) is 7.60. The predicted molar refractivity (Wildman–Crippen MR) is 70.9 cm³/mol. The minimum Gasteiger partial charge on any atom is -0.293 e. The molecule has 0 amide bonds. The highest BCUT2D eigenvalue weighted by Crippen LogP contribution is 2.56. The van der Waals surface area contributed by atoms with Crippen LogP contribution < -0.4 is 0 Å². The van der Waals surface area contributed by atoms with Crippen LogP contribution in [0.15, 0.2) is 24.8 Å². The van der Waals surface area contributed by atoms with Gasteiger partial charge < -0.3 is 0 Å². The van der Waals surface area contributed by atoms with E-state index in [1.54, 1.807) is 6.08 Å². The molecular formula is C12H15NOS2. The molecule has 3 aliphatic rings. The van der Waals surface area contributed by atoms with Gasteiger partial charge in [-0.25, -0.2) is 0 Å². The number of hydrogen-bond acceptors (Lipinski definition) is 4. The molecular weight excluding hydrogens is 238 g/mol. The Morgan fingerprint density at radius 1 is 1.56 bits per heavy atom. The van der Waals surface area contributed by atoms with Gasteiger partial charge in [-0.15, -0.1) is 30.1 Å². The molecule has 86 valence electrons. The molecule has 0 aromatic heterocycles.